The van der Waals surface area contributed by atoms with Crippen molar-refractivity contribution >= 4 is 15.9 Å². The summed E-state index contributed by atoms with van der Waals surface area (Å²) in [6, 6.07) is 2.98. The second kappa shape index (κ2) is 4.61. The molecule has 0 saturated carbocycles. The molecule has 0 bridgehead atoms. The van der Waals surface area contributed by atoms with Crippen LogP contribution in [0.4, 0.5) is 4.39 Å². The Labute approximate surface area is 89.3 Å². The molecule has 0 spiro atoms. The molecule has 0 fully saturated rings. The number of halogens is 2. The van der Waals surface area contributed by atoms with E-state index in [1.54, 1.807) is 0 Å². The van der Waals surface area contributed by atoms with Crippen LogP contribution in [0.3, 0.4) is 0 Å². The highest BCUT2D eigenvalue weighted by Crippen LogP contribution is 2.36. The smallest absolute Gasteiger partial charge is 0.163 e. The van der Waals surface area contributed by atoms with Gasteiger partial charge in [0, 0.05) is 10.0 Å². The van der Waals surface area contributed by atoms with E-state index >= 15 is 0 Å². The molecule has 0 radical (unpaired) electrons. The van der Waals surface area contributed by atoms with Gasteiger partial charge in [0.05, 0.1) is 7.11 Å². The molecular weight excluding hydrogens is 255 g/mol. The Morgan fingerprint density at radius 2 is 2.21 bits per heavy atom. The Hall–Kier alpha value is -0.810. The van der Waals surface area contributed by atoms with Crippen molar-refractivity contribution in [1.29, 1.82) is 0 Å². The highest BCUT2D eigenvalue weighted by molar-refractivity contribution is 9.10. The maximum absolute atomic E-state index is 12.2. The van der Waals surface area contributed by atoms with E-state index in [0.717, 1.165) is 0 Å². The zero-order chi connectivity index (χ0) is 10.7. The van der Waals surface area contributed by atoms with E-state index in [4.69, 9.17) is 4.74 Å². The van der Waals surface area contributed by atoms with Crippen LogP contribution in [0.5, 0.6) is 11.5 Å². The monoisotopic (exact) mass is 264 g/mol. The number of hydrogen-bond donors (Lipinski definition) is 2. The van der Waals surface area contributed by atoms with Gasteiger partial charge in [-0.1, -0.05) is 15.9 Å². The molecule has 0 aliphatic heterocycles. The summed E-state index contributed by atoms with van der Waals surface area (Å²) in [4.78, 5) is 0. The Balaban J connectivity index is 3.21. The molecule has 1 aromatic carbocycles. The Bertz CT molecular complexity index is 330. The van der Waals surface area contributed by atoms with Gasteiger partial charge in [0.2, 0.25) is 0 Å². The molecule has 0 amide bonds. The van der Waals surface area contributed by atoms with Crippen molar-refractivity contribution in [2.75, 3.05) is 13.8 Å². The third kappa shape index (κ3) is 2.16. The fourth-order valence-electron chi connectivity index (χ4n) is 1.09. The first kappa shape index (κ1) is 11.3. The first-order valence-corrected chi connectivity index (χ1v) is 4.70. The average Bonchev–Trinajstić information content (AvgIpc) is 2.19. The number of alkyl halides is 1. The lowest BCUT2D eigenvalue weighted by molar-refractivity contribution is 0.138. The predicted octanol–water partition coefficient (Wildman–Crippen LogP) is 2.17. The molecule has 78 valence electrons. The summed E-state index contributed by atoms with van der Waals surface area (Å²) < 4.78 is 17.7. The first-order chi connectivity index (χ1) is 6.60. The minimum atomic E-state index is -1.33. The largest absolute Gasteiger partial charge is 0.504 e. The number of hydrogen-bond acceptors (Lipinski definition) is 3. The number of phenolic OH excluding ortho intramolecular Hbond substituents is 1. The van der Waals surface area contributed by atoms with Crippen LogP contribution >= 0.6 is 15.9 Å². The van der Waals surface area contributed by atoms with E-state index in [2.05, 4.69) is 15.9 Å². The summed E-state index contributed by atoms with van der Waals surface area (Å²) in [5.74, 6) is -0.0391. The second-order valence-corrected chi connectivity index (χ2v) is 3.63. The van der Waals surface area contributed by atoms with Crippen LogP contribution in [0.15, 0.2) is 16.6 Å². The summed E-state index contributed by atoms with van der Waals surface area (Å²) in [7, 11) is 1.38. The molecule has 0 heterocycles. The highest BCUT2D eigenvalue weighted by Gasteiger charge is 2.16. The third-order valence-electron chi connectivity index (χ3n) is 1.79. The number of aliphatic hydroxyl groups is 1. The molecule has 0 aliphatic rings. The van der Waals surface area contributed by atoms with E-state index in [1.165, 1.54) is 19.2 Å². The van der Waals surface area contributed by atoms with Crippen LogP contribution in [0.2, 0.25) is 0 Å². The third-order valence-corrected chi connectivity index (χ3v) is 2.25. The van der Waals surface area contributed by atoms with Crippen LogP contribution in [0.25, 0.3) is 0 Å². The van der Waals surface area contributed by atoms with Crippen molar-refractivity contribution in [3.05, 3.63) is 22.2 Å². The second-order valence-electron chi connectivity index (χ2n) is 2.72. The minimum Gasteiger partial charge on any atom is -0.504 e. The van der Waals surface area contributed by atoms with E-state index in [-0.39, 0.29) is 17.1 Å². The maximum Gasteiger partial charge on any atom is 0.163 e. The quantitative estimate of drug-likeness (QED) is 0.880. The first-order valence-electron chi connectivity index (χ1n) is 3.90. The van der Waals surface area contributed by atoms with E-state index in [9.17, 15) is 14.6 Å². The predicted molar refractivity (Wildman–Crippen MR) is 53.3 cm³/mol. The molecule has 1 atom stereocenters. The van der Waals surface area contributed by atoms with Crippen LogP contribution in [0.1, 0.15) is 11.7 Å². The zero-order valence-electron chi connectivity index (χ0n) is 7.50. The van der Waals surface area contributed by atoms with Crippen molar-refractivity contribution in [2.24, 2.45) is 0 Å². The Morgan fingerprint density at radius 3 is 2.71 bits per heavy atom. The van der Waals surface area contributed by atoms with Gasteiger partial charge in [0.25, 0.3) is 0 Å². The number of phenols is 1. The molecule has 1 aromatic rings. The van der Waals surface area contributed by atoms with Gasteiger partial charge in [0.1, 0.15) is 12.8 Å². The maximum atomic E-state index is 12.2. The number of rotatable bonds is 3. The van der Waals surface area contributed by atoms with Crippen molar-refractivity contribution in [3.63, 3.8) is 0 Å². The topological polar surface area (TPSA) is 49.7 Å². The standard InChI is InChI=1S/C9H10BrFO3/c1-14-8-3-5(10)2-6(9(8)13)7(12)4-11/h2-3,7,12-13H,4H2,1H3. The molecule has 3 nitrogen and oxygen atoms in total. The Kier molecular flexibility index (Phi) is 3.71. The number of benzene rings is 1. The lowest BCUT2D eigenvalue weighted by atomic mass is 10.1. The van der Waals surface area contributed by atoms with Gasteiger partial charge in [-0.3, -0.25) is 0 Å². The molecule has 1 unspecified atom stereocenters. The van der Waals surface area contributed by atoms with Crippen LogP contribution in [0, 0.1) is 0 Å². The fraction of sp³-hybridized carbons (Fsp3) is 0.333. The van der Waals surface area contributed by atoms with Crippen molar-refractivity contribution < 1.29 is 19.3 Å². The van der Waals surface area contributed by atoms with Gasteiger partial charge in [-0.2, -0.15) is 0 Å². The normalized spacial score (nSPS) is 12.6. The van der Waals surface area contributed by atoms with Gasteiger partial charge in [-0.05, 0) is 12.1 Å². The molecule has 2 N–H and O–H groups in total. The number of methoxy groups -OCH3 is 1. The van der Waals surface area contributed by atoms with E-state index < -0.39 is 12.8 Å². The number of aromatic hydroxyl groups is 1. The molecule has 0 saturated heterocycles. The molecule has 0 aliphatic carbocycles. The summed E-state index contributed by atoms with van der Waals surface area (Å²) in [6.07, 6.45) is -1.33. The van der Waals surface area contributed by atoms with Gasteiger partial charge in [-0.25, -0.2) is 4.39 Å². The SMILES string of the molecule is COc1cc(Br)cc(C(O)CF)c1O. The van der Waals surface area contributed by atoms with Crippen LogP contribution in [-0.2, 0) is 0 Å². The average molecular weight is 265 g/mol. The highest BCUT2D eigenvalue weighted by atomic mass is 79.9. The summed E-state index contributed by atoms with van der Waals surface area (Å²) in [5.41, 5.74) is 0.110. The lowest BCUT2D eigenvalue weighted by Crippen LogP contribution is -2.00. The van der Waals surface area contributed by atoms with Crippen LogP contribution in [-0.4, -0.2) is 24.0 Å². The summed E-state index contributed by atoms with van der Waals surface area (Å²) in [5, 5.41) is 18.8. The Morgan fingerprint density at radius 1 is 1.57 bits per heavy atom. The van der Waals surface area contributed by atoms with Crippen molar-refractivity contribution in [1.82, 2.24) is 0 Å². The van der Waals surface area contributed by atoms with E-state index in [0.29, 0.717) is 4.47 Å². The summed E-state index contributed by atoms with van der Waals surface area (Å²) >= 11 is 3.16. The molecular formula is C9H10BrFO3. The summed E-state index contributed by atoms with van der Waals surface area (Å²) in [6.45, 7) is -0.951. The molecule has 1 rings (SSSR count). The van der Waals surface area contributed by atoms with Crippen LogP contribution < -0.4 is 4.74 Å². The number of aliphatic hydroxyl groups excluding tert-OH is 1. The molecule has 14 heavy (non-hydrogen) atoms. The van der Waals surface area contributed by atoms with Gasteiger partial charge >= 0.3 is 0 Å². The van der Waals surface area contributed by atoms with Gasteiger partial charge in [-0.15, -0.1) is 0 Å². The van der Waals surface area contributed by atoms with E-state index in [1.807, 2.05) is 0 Å². The van der Waals surface area contributed by atoms with Crippen molar-refractivity contribution in [3.8, 4) is 11.5 Å². The fourth-order valence-corrected chi connectivity index (χ4v) is 1.54. The minimum absolute atomic E-state index is 0.110. The number of ether oxygens (including phenoxy) is 1. The molecule has 5 heteroatoms. The molecule has 0 aromatic heterocycles. The van der Waals surface area contributed by atoms with Gasteiger partial charge < -0.3 is 14.9 Å². The van der Waals surface area contributed by atoms with Crippen molar-refractivity contribution in [2.45, 2.75) is 6.10 Å². The zero-order valence-corrected chi connectivity index (χ0v) is 9.08. The lowest BCUT2D eigenvalue weighted by Gasteiger charge is -2.12. The van der Waals surface area contributed by atoms with Gasteiger partial charge in [0.15, 0.2) is 11.5 Å².